The topological polar surface area (TPSA) is 107 Å². The smallest absolute Gasteiger partial charge is 0.258 e. The number of fused-ring (bicyclic) bond motifs is 4. The normalized spacial score (nSPS) is 18.6. The average molecular weight is 522 g/mol. The van der Waals surface area contributed by atoms with Gasteiger partial charge in [-0.3, -0.25) is 14.4 Å². The molecule has 1 atom stereocenters. The van der Waals surface area contributed by atoms with E-state index < -0.39 is 11.0 Å². The first-order chi connectivity index (χ1) is 18.8. The molecule has 0 saturated heterocycles. The summed E-state index contributed by atoms with van der Waals surface area (Å²) in [7, 11) is 0. The maximum absolute atomic E-state index is 14.0. The summed E-state index contributed by atoms with van der Waals surface area (Å²) >= 11 is 0. The van der Waals surface area contributed by atoms with Crippen LogP contribution in [0.5, 0.6) is 0 Å². The number of amides is 2. The number of hydrogen-bond acceptors (Lipinski definition) is 5. The van der Waals surface area contributed by atoms with Gasteiger partial charge in [-0.2, -0.15) is 0 Å². The van der Waals surface area contributed by atoms with Gasteiger partial charge in [0.1, 0.15) is 17.5 Å². The highest BCUT2D eigenvalue weighted by atomic mass is 19.1. The number of nitrogens with one attached hydrogen (secondary N) is 3. The van der Waals surface area contributed by atoms with Crippen LogP contribution in [0.25, 0.3) is 0 Å². The molecule has 7 rings (SSSR count). The van der Waals surface area contributed by atoms with Crippen molar-refractivity contribution in [3.05, 3.63) is 110 Å². The molecule has 39 heavy (non-hydrogen) atoms. The van der Waals surface area contributed by atoms with Gasteiger partial charge in [-0.25, -0.2) is 9.37 Å². The highest BCUT2D eigenvalue weighted by Gasteiger charge is 2.51. The quantitative estimate of drug-likeness (QED) is 0.376. The lowest BCUT2D eigenvalue weighted by Crippen LogP contribution is -2.35. The van der Waals surface area contributed by atoms with Crippen LogP contribution in [0.2, 0.25) is 0 Å². The number of benzene rings is 2. The van der Waals surface area contributed by atoms with Crippen molar-refractivity contribution in [2.24, 2.45) is 0 Å². The summed E-state index contributed by atoms with van der Waals surface area (Å²) in [5.41, 5.74) is 4.97. The molecule has 9 heteroatoms. The van der Waals surface area contributed by atoms with Crippen LogP contribution < -0.4 is 21.1 Å². The number of rotatable bonds is 3. The van der Waals surface area contributed by atoms with E-state index in [1.807, 2.05) is 30.3 Å². The lowest BCUT2D eigenvalue weighted by Gasteiger charge is -2.20. The zero-order valence-corrected chi connectivity index (χ0v) is 21.1. The van der Waals surface area contributed by atoms with Gasteiger partial charge >= 0.3 is 0 Å². The minimum atomic E-state index is -0.668. The molecule has 2 aliphatic heterocycles. The maximum atomic E-state index is 14.0. The number of anilines is 4. The fourth-order valence-corrected chi connectivity index (χ4v) is 6.23. The second kappa shape index (κ2) is 8.36. The Balaban J connectivity index is 1.15. The molecular weight excluding hydrogens is 497 g/mol. The van der Waals surface area contributed by atoms with Gasteiger partial charge in [0, 0.05) is 41.3 Å². The van der Waals surface area contributed by atoms with E-state index in [0.29, 0.717) is 48.7 Å². The van der Waals surface area contributed by atoms with E-state index in [1.54, 1.807) is 30.2 Å². The SMILES string of the molecule is Cc1c(F)ccc2c1CCN2C(=O)c1cc(Nc2ccc3c(c2)CC2(C3)C(=O)Nc3ncccc32)[nH]c(=O)c1. The van der Waals surface area contributed by atoms with Crippen LogP contribution in [0.15, 0.2) is 65.6 Å². The molecule has 1 aliphatic carbocycles. The lowest BCUT2D eigenvalue weighted by molar-refractivity contribution is -0.120. The van der Waals surface area contributed by atoms with Gasteiger partial charge in [0.25, 0.3) is 5.91 Å². The Hall–Kier alpha value is -4.79. The second-order valence-electron chi connectivity index (χ2n) is 10.4. The standard InChI is InChI=1S/C30H24FN5O3/c1-16-21-8-10-36(24(21)7-6-23(16)31)28(38)18-12-25(34-26(37)13-18)33-20-5-4-17-14-30(15-19(17)11-20)22-3-2-9-32-27(22)35-29(30)39/h2-7,9,11-13H,8,10,14-15H2,1H3,(H,32,35,39)(H2,33,34,37). The number of nitrogens with zero attached hydrogens (tertiary/aromatic N) is 2. The monoisotopic (exact) mass is 521 g/mol. The molecular formula is C30H24FN5O3. The number of pyridine rings is 2. The van der Waals surface area contributed by atoms with Crippen molar-refractivity contribution < 1.29 is 14.0 Å². The highest BCUT2D eigenvalue weighted by molar-refractivity contribution is 6.08. The average Bonchev–Trinajstić information content (AvgIpc) is 3.60. The van der Waals surface area contributed by atoms with E-state index in [2.05, 4.69) is 20.6 Å². The first-order valence-corrected chi connectivity index (χ1v) is 12.8. The number of hydrogen-bond donors (Lipinski definition) is 3. The predicted molar refractivity (Wildman–Crippen MR) is 145 cm³/mol. The molecule has 0 radical (unpaired) electrons. The zero-order valence-electron chi connectivity index (χ0n) is 21.1. The van der Waals surface area contributed by atoms with Crippen LogP contribution in [0.4, 0.5) is 27.4 Å². The van der Waals surface area contributed by atoms with Gasteiger partial charge in [-0.05, 0) is 84.8 Å². The predicted octanol–water partition coefficient (Wildman–Crippen LogP) is 4.15. The van der Waals surface area contributed by atoms with Gasteiger partial charge in [-0.15, -0.1) is 0 Å². The molecule has 194 valence electrons. The summed E-state index contributed by atoms with van der Waals surface area (Å²) < 4.78 is 14.0. The van der Waals surface area contributed by atoms with Crippen molar-refractivity contribution in [3.8, 4) is 0 Å². The summed E-state index contributed by atoms with van der Waals surface area (Å²) in [6, 6.07) is 15.5. The highest BCUT2D eigenvalue weighted by Crippen LogP contribution is 2.47. The summed E-state index contributed by atoms with van der Waals surface area (Å²) in [6.45, 7) is 2.14. The molecule has 1 spiro atoms. The minimum absolute atomic E-state index is 0.0427. The molecule has 2 aromatic carbocycles. The van der Waals surface area contributed by atoms with Gasteiger partial charge < -0.3 is 20.5 Å². The minimum Gasteiger partial charge on any atom is -0.342 e. The van der Waals surface area contributed by atoms with Gasteiger partial charge in [0.05, 0.1) is 5.41 Å². The number of aromatic nitrogens is 2. The maximum Gasteiger partial charge on any atom is 0.258 e. The Morgan fingerprint density at radius 3 is 2.79 bits per heavy atom. The number of carbonyl (C=O) groups excluding carboxylic acids is 2. The van der Waals surface area contributed by atoms with Crippen LogP contribution in [-0.2, 0) is 29.5 Å². The van der Waals surface area contributed by atoms with Gasteiger partial charge in [0.2, 0.25) is 11.5 Å². The number of aromatic amines is 1. The Labute approximate surface area is 222 Å². The number of carbonyl (C=O) groups is 2. The van der Waals surface area contributed by atoms with Crippen LogP contribution in [0, 0.1) is 12.7 Å². The van der Waals surface area contributed by atoms with E-state index in [-0.39, 0.29) is 23.2 Å². The molecule has 2 aromatic heterocycles. The lowest BCUT2D eigenvalue weighted by atomic mass is 9.79. The Kier molecular flexibility index (Phi) is 5.00. The molecule has 1 unspecified atom stereocenters. The Morgan fingerprint density at radius 2 is 1.92 bits per heavy atom. The summed E-state index contributed by atoms with van der Waals surface area (Å²) in [5, 5.41) is 6.13. The van der Waals surface area contributed by atoms with Gasteiger partial charge in [0.15, 0.2) is 0 Å². The molecule has 3 aliphatic rings. The molecule has 4 heterocycles. The van der Waals surface area contributed by atoms with Crippen LogP contribution in [0.1, 0.15) is 38.2 Å². The van der Waals surface area contributed by atoms with Crippen molar-refractivity contribution in [3.63, 3.8) is 0 Å². The Morgan fingerprint density at radius 1 is 1.08 bits per heavy atom. The van der Waals surface area contributed by atoms with E-state index in [9.17, 15) is 18.8 Å². The second-order valence-corrected chi connectivity index (χ2v) is 10.4. The molecule has 4 aromatic rings. The molecule has 0 saturated carbocycles. The van der Waals surface area contributed by atoms with Gasteiger partial charge in [-0.1, -0.05) is 12.1 Å². The molecule has 0 bridgehead atoms. The van der Waals surface area contributed by atoms with Crippen molar-refractivity contribution in [2.75, 3.05) is 22.1 Å². The van der Waals surface area contributed by atoms with Crippen molar-refractivity contribution in [1.29, 1.82) is 0 Å². The molecule has 3 N–H and O–H groups in total. The van der Waals surface area contributed by atoms with Crippen LogP contribution in [-0.4, -0.2) is 28.3 Å². The van der Waals surface area contributed by atoms with Crippen molar-refractivity contribution in [1.82, 2.24) is 9.97 Å². The first-order valence-electron chi connectivity index (χ1n) is 12.8. The molecule has 2 amide bonds. The third kappa shape index (κ3) is 3.57. The Bertz CT molecular complexity index is 1780. The summed E-state index contributed by atoms with van der Waals surface area (Å²) in [4.78, 5) is 47.6. The first kappa shape index (κ1) is 23.3. The van der Waals surface area contributed by atoms with Crippen molar-refractivity contribution in [2.45, 2.75) is 31.6 Å². The fourth-order valence-electron chi connectivity index (χ4n) is 6.23. The summed E-state index contributed by atoms with van der Waals surface area (Å²) in [5.74, 6) is 0.346. The largest absolute Gasteiger partial charge is 0.342 e. The van der Waals surface area contributed by atoms with Crippen LogP contribution in [0.3, 0.4) is 0 Å². The van der Waals surface area contributed by atoms with E-state index >= 15 is 0 Å². The number of halogens is 1. The third-order valence-electron chi connectivity index (χ3n) is 8.18. The van der Waals surface area contributed by atoms with E-state index in [0.717, 1.165) is 27.9 Å². The third-order valence-corrected chi connectivity index (χ3v) is 8.18. The van der Waals surface area contributed by atoms with E-state index in [4.69, 9.17) is 0 Å². The number of H-pyrrole nitrogens is 1. The summed E-state index contributed by atoms with van der Waals surface area (Å²) in [6.07, 6.45) is 3.37. The molecule has 0 fully saturated rings. The zero-order chi connectivity index (χ0) is 26.9. The fraction of sp³-hybridized carbons (Fsp3) is 0.200. The molecule has 8 nitrogen and oxygen atoms in total. The van der Waals surface area contributed by atoms with E-state index in [1.165, 1.54) is 12.1 Å². The van der Waals surface area contributed by atoms with Crippen LogP contribution >= 0.6 is 0 Å². The van der Waals surface area contributed by atoms with Crippen molar-refractivity contribution >= 4 is 34.8 Å².